The molecule has 0 spiro atoms. The van der Waals surface area contributed by atoms with Crippen LogP contribution in [0.5, 0.6) is 0 Å². The first-order valence-corrected chi connectivity index (χ1v) is 11.9. The molecule has 8 nitrogen and oxygen atoms in total. The van der Waals surface area contributed by atoms with Gasteiger partial charge in [-0.1, -0.05) is 22.9 Å². The Bertz CT molecular complexity index is 994. The molecule has 9 heteroatoms. The van der Waals surface area contributed by atoms with Crippen LogP contribution in [0.25, 0.3) is 0 Å². The summed E-state index contributed by atoms with van der Waals surface area (Å²) in [6.07, 6.45) is 2.92. The van der Waals surface area contributed by atoms with Crippen molar-refractivity contribution in [2.24, 2.45) is 5.92 Å². The van der Waals surface area contributed by atoms with Gasteiger partial charge in [0.1, 0.15) is 0 Å². The first-order chi connectivity index (χ1) is 14.3. The highest BCUT2D eigenvalue weighted by molar-refractivity contribution is 7.89. The van der Waals surface area contributed by atoms with Crippen LogP contribution in [-0.4, -0.2) is 59.8 Å². The van der Waals surface area contributed by atoms with E-state index in [-0.39, 0.29) is 17.7 Å². The molecule has 30 heavy (non-hydrogen) atoms. The number of nitrogens with zero attached hydrogens (tertiary/aromatic N) is 4. The van der Waals surface area contributed by atoms with Crippen LogP contribution < -0.4 is 0 Å². The molecule has 0 N–H and O–H groups in total. The van der Waals surface area contributed by atoms with Crippen molar-refractivity contribution in [3.63, 3.8) is 0 Å². The van der Waals surface area contributed by atoms with E-state index >= 15 is 0 Å². The summed E-state index contributed by atoms with van der Waals surface area (Å²) in [4.78, 5) is 19.6. The third-order valence-corrected chi connectivity index (χ3v) is 8.00. The van der Waals surface area contributed by atoms with Crippen LogP contribution in [0.4, 0.5) is 0 Å². The number of benzene rings is 1. The SMILES string of the molecule is Cc1ccc(S(=O)(=O)N2CCC(C(=O)N3CCCC(c4nc(C)no4)C3)CC2)cc1. The van der Waals surface area contributed by atoms with Crippen LogP contribution in [0, 0.1) is 19.8 Å². The second kappa shape index (κ2) is 8.47. The minimum Gasteiger partial charge on any atom is -0.342 e. The average molecular weight is 433 g/mol. The number of hydrogen-bond donors (Lipinski definition) is 0. The molecular formula is C21H28N4O4S. The lowest BCUT2D eigenvalue weighted by atomic mass is 9.93. The Morgan fingerprint density at radius 1 is 1.07 bits per heavy atom. The molecule has 1 aromatic heterocycles. The van der Waals surface area contributed by atoms with Gasteiger partial charge in [0.25, 0.3) is 0 Å². The van der Waals surface area contributed by atoms with Gasteiger partial charge in [0, 0.05) is 32.1 Å². The fraction of sp³-hybridized carbons (Fsp3) is 0.571. The van der Waals surface area contributed by atoms with Gasteiger partial charge < -0.3 is 9.42 Å². The maximum Gasteiger partial charge on any atom is 0.243 e. The first-order valence-electron chi connectivity index (χ1n) is 10.5. The number of piperidine rings is 2. The summed E-state index contributed by atoms with van der Waals surface area (Å²) in [6.45, 7) is 5.77. The third-order valence-electron chi connectivity index (χ3n) is 6.09. The molecule has 162 valence electrons. The predicted octanol–water partition coefficient (Wildman–Crippen LogP) is 2.49. The molecule has 1 amide bonds. The Morgan fingerprint density at radius 3 is 2.40 bits per heavy atom. The fourth-order valence-corrected chi connectivity index (χ4v) is 5.79. The lowest BCUT2D eigenvalue weighted by Gasteiger charge is -2.36. The van der Waals surface area contributed by atoms with Crippen LogP contribution in [0.1, 0.15) is 48.9 Å². The van der Waals surface area contributed by atoms with E-state index in [0.29, 0.717) is 49.1 Å². The number of amides is 1. The second-order valence-corrected chi connectivity index (χ2v) is 10.2. The van der Waals surface area contributed by atoms with Gasteiger partial charge in [-0.05, 0) is 51.7 Å². The highest BCUT2D eigenvalue weighted by Crippen LogP contribution is 2.30. The molecule has 2 saturated heterocycles. The van der Waals surface area contributed by atoms with Gasteiger partial charge >= 0.3 is 0 Å². The topological polar surface area (TPSA) is 96.6 Å². The highest BCUT2D eigenvalue weighted by Gasteiger charge is 2.36. The molecule has 0 aliphatic carbocycles. The van der Waals surface area contributed by atoms with Gasteiger partial charge in [-0.25, -0.2) is 8.42 Å². The van der Waals surface area contributed by atoms with Crippen molar-refractivity contribution in [1.82, 2.24) is 19.3 Å². The summed E-state index contributed by atoms with van der Waals surface area (Å²) in [5.41, 5.74) is 1.02. The third kappa shape index (κ3) is 4.27. The smallest absolute Gasteiger partial charge is 0.243 e. The number of aryl methyl sites for hydroxylation is 2. The number of hydrogen-bond acceptors (Lipinski definition) is 6. The monoisotopic (exact) mass is 432 g/mol. The molecule has 4 rings (SSSR count). The van der Waals surface area contributed by atoms with Crippen molar-refractivity contribution in [2.45, 2.75) is 50.3 Å². The highest BCUT2D eigenvalue weighted by atomic mass is 32.2. The van der Waals surface area contributed by atoms with Crippen LogP contribution in [-0.2, 0) is 14.8 Å². The Morgan fingerprint density at radius 2 is 1.77 bits per heavy atom. The molecule has 0 saturated carbocycles. The Labute approximate surface area is 177 Å². The van der Waals surface area contributed by atoms with Gasteiger partial charge in [0.2, 0.25) is 21.8 Å². The molecule has 3 heterocycles. The molecule has 2 aromatic rings. The summed E-state index contributed by atoms with van der Waals surface area (Å²) in [5.74, 6) is 1.26. The van der Waals surface area contributed by atoms with Crippen molar-refractivity contribution >= 4 is 15.9 Å². The molecule has 1 atom stereocenters. The van der Waals surface area contributed by atoms with E-state index in [0.717, 1.165) is 24.9 Å². The van der Waals surface area contributed by atoms with Crippen LogP contribution in [0.15, 0.2) is 33.7 Å². The van der Waals surface area contributed by atoms with E-state index in [1.165, 1.54) is 4.31 Å². The number of carbonyl (C=O) groups excluding carboxylic acids is 1. The minimum atomic E-state index is -3.51. The van der Waals surface area contributed by atoms with E-state index in [1.807, 2.05) is 11.8 Å². The van der Waals surface area contributed by atoms with Gasteiger partial charge in [-0.3, -0.25) is 4.79 Å². The van der Waals surface area contributed by atoms with E-state index in [1.54, 1.807) is 31.2 Å². The summed E-state index contributed by atoms with van der Waals surface area (Å²) in [7, 11) is -3.51. The van der Waals surface area contributed by atoms with Crippen molar-refractivity contribution < 1.29 is 17.7 Å². The van der Waals surface area contributed by atoms with Crippen molar-refractivity contribution in [2.75, 3.05) is 26.2 Å². The maximum absolute atomic E-state index is 13.1. The van der Waals surface area contributed by atoms with Crippen LogP contribution in [0.3, 0.4) is 0 Å². The Balaban J connectivity index is 1.36. The van der Waals surface area contributed by atoms with Gasteiger partial charge in [-0.15, -0.1) is 0 Å². The fourth-order valence-electron chi connectivity index (χ4n) is 4.32. The molecular weight excluding hydrogens is 404 g/mol. The van der Waals surface area contributed by atoms with Crippen molar-refractivity contribution in [3.05, 3.63) is 41.5 Å². The van der Waals surface area contributed by atoms with Gasteiger partial charge in [-0.2, -0.15) is 9.29 Å². The molecule has 2 aliphatic rings. The van der Waals surface area contributed by atoms with E-state index in [9.17, 15) is 13.2 Å². The average Bonchev–Trinajstić information content (AvgIpc) is 3.20. The van der Waals surface area contributed by atoms with Crippen LogP contribution >= 0.6 is 0 Å². The zero-order valence-corrected chi connectivity index (χ0v) is 18.3. The van der Waals surface area contributed by atoms with E-state index in [4.69, 9.17) is 4.52 Å². The lowest BCUT2D eigenvalue weighted by molar-refractivity contribution is -0.138. The number of carbonyl (C=O) groups is 1. The van der Waals surface area contributed by atoms with Crippen molar-refractivity contribution in [3.8, 4) is 0 Å². The number of aromatic nitrogens is 2. The minimum absolute atomic E-state index is 0.0749. The Kier molecular flexibility index (Phi) is 5.92. The molecule has 1 unspecified atom stereocenters. The number of sulfonamides is 1. The molecule has 0 radical (unpaired) electrons. The molecule has 2 aliphatic heterocycles. The molecule has 0 bridgehead atoms. The molecule has 1 aromatic carbocycles. The van der Waals surface area contributed by atoms with Gasteiger partial charge in [0.05, 0.1) is 10.8 Å². The summed E-state index contributed by atoms with van der Waals surface area (Å²) < 4.78 is 32.6. The first kappa shape index (κ1) is 21.0. The lowest BCUT2D eigenvalue weighted by Crippen LogP contribution is -2.46. The van der Waals surface area contributed by atoms with Crippen LogP contribution in [0.2, 0.25) is 0 Å². The van der Waals surface area contributed by atoms with E-state index in [2.05, 4.69) is 10.1 Å². The summed E-state index contributed by atoms with van der Waals surface area (Å²) in [6, 6.07) is 6.91. The Hall–Kier alpha value is -2.26. The van der Waals surface area contributed by atoms with Crippen molar-refractivity contribution in [1.29, 1.82) is 0 Å². The maximum atomic E-state index is 13.1. The second-order valence-electron chi connectivity index (χ2n) is 8.29. The zero-order chi connectivity index (χ0) is 21.3. The van der Waals surface area contributed by atoms with E-state index < -0.39 is 10.0 Å². The largest absolute Gasteiger partial charge is 0.342 e. The number of likely N-dealkylation sites (tertiary alicyclic amines) is 1. The zero-order valence-electron chi connectivity index (χ0n) is 17.5. The normalized spacial score (nSPS) is 21.7. The van der Waals surface area contributed by atoms with Gasteiger partial charge in [0.15, 0.2) is 5.82 Å². The molecule has 2 fully saturated rings. The standard InChI is InChI=1S/C21H28N4O4S/c1-15-5-7-19(8-6-15)30(27,28)25-12-9-17(10-13-25)21(26)24-11-3-4-18(14-24)20-22-16(2)23-29-20/h5-8,17-18H,3-4,9-14H2,1-2H3. The predicted molar refractivity (Wildman–Crippen MR) is 110 cm³/mol. The summed E-state index contributed by atoms with van der Waals surface area (Å²) >= 11 is 0. The summed E-state index contributed by atoms with van der Waals surface area (Å²) in [5, 5.41) is 3.86. The number of rotatable bonds is 4. The quantitative estimate of drug-likeness (QED) is 0.736.